The topological polar surface area (TPSA) is 112 Å². The Kier molecular flexibility index (Phi) is 7.59. The van der Waals surface area contributed by atoms with Gasteiger partial charge < -0.3 is 9.64 Å². The first-order valence-corrected chi connectivity index (χ1v) is 12.4. The van der Waals surface area contributed by atoms with Crippen LogP contribution in [0.3, 0.4) is 0 Å². The van der Waals surface area contributed by atoms with Crippen molar-refractivity contribution < 1.29 is 17.9 Å². The summed E-state index contributed by atoms with van der Waals surface area (Å²) in [4.78, 5) is 13.6. The highest BCUT2D eigenvalue weighted by atomic mass is 79.9. The molecule has 11 heteroatoms. The van der Waals surface area contributed by atoms with E-state index < -0.39 is 28.2 Å². The smallest absolute Gasteiger partial charge is 0.411 e. The molecule has 0 aromatic heterocycles. The molecule has 2 aromatic carbocycles. The Hall–Kier alpha value is -2.13. The Bertz CT molecular complexity index is 1120. The highest BCUT2D eigenvalue weighted by Crippen LogP contribution is 2.27. The van der Waals surface area contributed by atoms with Gasteiger partial charge in [-0.1, -0.05) is 34.1 Å². The van der Waals surface area contributed by atoms with Gasteiger partial charge in [0.15, 0.2) is 6.19 Å². The van der Waals surface area contributed by atoms with Crippen LogP contribution in [0.4, 0.5) is 10.5 Å². The second kappa shape index (κ2) is 9.99. The zero-order valence-electron chi connectivity index (χ0n) is 16.5. The average molecular weight is 572 g/mol. The minimum absolute atomic E-state index is 0.0376. The van der Waals surface area contributed by atoms with Crippen molar-refractivity contribution in [1.29, 1.82) is 5.26 Å². The highest BCUT2D eigenvalue weighted by molar-refractivity contribution is 9.11. The first-order valence-electron chi connectivity index (χ1n) is 9.33. The molecule has 1 saturated heterocycles. The monoisotopic (exact) mass is 570 g/mol. The number of sulfonamides is 1. The highest BCUT2D eigenvalue weighted by Gasteiger charge is 2.35. The van der Waals surface area contributed by atoms with E-state index in [1.165, 1.54) is 11.0 Å². The number of hydrogen-bond donors (Lipinski definition) is 2. The van der Waals surface area contributed by atoms with Crippen molar-refractivity contribution in [2.45, 2.75) is 30.3 Å². The van der Waals surface area contributed by atoms with E-state index in [1.807, 2.05) is 25.2 Å². The van der Waals surface area contributed by atoms with E-state index >= 15 is 0 Å². The number of halogens is 2. The molecule has 2 N–H and O–H groups in total. The van der Waals surface area contributed by atoms with E-state index in [9.17, 15) is 18.5 Å². The molecular weight excluding hydrogens is 552 g/mol. The molecule has 1 aliphatic rings. The van der Waals surface area contributed by atoms with E-state index in [0.717, 1.165) is 5.56 Å². The maximum atomic E-state index is 12.8. The Labute approximate surface area is 197 Å². The van der Waals surface area contributed by atoms with Gasteiger partial charge in [0, 0.05) is 27.2 Å². The SMILES string of the molecule is Cc1ccccc1NC(=O)OC[C@H]1C[C@@H](NS(=O)(=O)c2cc(Br)ccc2Br)CN1C#N. The van der Waals surface area contributed by atoms with Gasteiger partial charge in [-0.2, -0.15) is 5.26 Å². The Morgan fingerprint density at radius 3 is 2.74 bits per heavy atom. The number of ether oxygens (including phenoxy) is 1. The van der Waals surface area contributed by atoms with Crippen LogP contribution in [0.5, 0.6) is 0 Å². The first kappa shape index (κ1) is 23.5. The quantitative estimate of drug-likeness (QED) is 0.507. The average Bonchev–Trinajstić information content (AvgIpc) is 3.11. The van der Waals surface area contributed by atoms with Crippen molar-refractivity contribution in [2.24, 2.45) is 0 Å². The predicted molar refractivity (Wildman–Crippen MR) is 123 cm³/mol. The van der Waals surface area contributed by atoms with Gasteiger partial charge in [-0.25, -0.2) is 17.9 Å². The molecule has 2 atom stereocenters. The third-order valence-electron chi connectivity index (χ3n) is 4.84. The summed E-state index contributed by atoms with van der Waals surface area (Å²) in [6.07, 6.45) is 1.74. The summed E-state index contributed by atoms with van der Waals surface area (Å²) in [5.41, 5.74) is 1.54. The molecule has 0 aliphatic carbocycles. The van der Waals surface area contributed by atoms with E-state index in [4.69, 9.17) is 4.74 Å². The molecule has 2 aromatic rings. The van der Waals surface area contributed by atoms with Crippen LogP contribution in [0.2, 0.25) is 0 Å². The molecule has 1 amide bonds. The van der Waals surface area contributed by atoms with Crippen molar-refractivity contribution in [3.63, 3.8) is 0 Å². The number of rotatable bonds is 6. The summed E-state index contributed by atoms with van der Waals surface area (Å²) < 4.78 is 34.6. The van der Waals surface area contributed by atoms with Gasteiger partial charge in [0.1, 0.15) is 6.61 Å². The normalized spacial score (nSPS) is 18.5. The molecule has 3 rings (SSSR count). The third-order valence-corrected chi connectivity index (χ3v) is 7.84. The molecule has 8 nitrogen and oxygen atoms in total. The standard InChI is InChI=1S/C20H20Br2N4O4S/c1-13-4-2-3-5-18(13)24-20(27)30-11-16-9-15(10-26(16)12-23)25-31(28,29)19-8-14(21)6-7-17(19)22/h2-8,15-16,25H,9-11H2,1H3,(H,24,27)/t15-,16-/m1/s1. The summed E-state index contributed by atoms with van der Waals surface area (Å²) in [6.45, 7) is 2.02. The minimum atomic E-state index is -3.81. The van der Waals surface area contributed by atoms with Crippen molar-refractivity contribution in [2.75, 3.05) is 18.5 Å². The summed E-state index contributed by atoms with van der Waals surface area (Å²) in [6, 6.07) is 11.2. The maximum Gasteiger partial charge on any atom is 0.411 e. The lowest BCUT2D eigenvalue weighted by atomic mass is 10.2. The van der Waals surface area contributed by atoms with Crippen LogP contribution in [-0.2, 0) is 14.8 Å². The van der Waals surface area contributed by atoms with Gasteiger partial charge in [-0.15, -0.1) is 0 Å². The van der Waals surface area contributed by atoms with Gasteiger partial charge in [-0.3, -0.25) is 5.32 Å². The van der Waals surface area contributed by atoms with Crippen molar-refractivity contribution >= 4 is 53.7 Å². The lowest BCUT2D eigenvalue weighted by Crippen LogP contribution is -2.36. The summed E-state index contributed by atoms with van der Waals surface area (Å²) in [5.74, 6) is 0. The van der Waals surface area contributed by atoms with Gasteiger partial charge >= 0.3 is 6.09 Å². The number of nitrogens with one attached hydrogen (secondary N) is 2. The van der Waals surface area contributed by atoms with Crippen LogP contribution in [0, 0.1) is 18.4 Å². The van der Waals surface area contributed by atoms with Crippen LogP contribution in [0.1, 0.15) is 12.0 Å². The number of para-hydroxylation sites is 1. The molecule has 0 radical (unpaired) electrons. The van der Waals surface area contributed by atoms with E-state index in [-0.39, 0.29) is 18.0 Å². The molecule has 164 valence electrons. The first-order chi connectivity index (χ1) is 14.7. The number of likely N-dealkylation sites (tertiary alicyclic amines) is 1. The Morgan fingerprint density at radius 1 is 1.29 bits per heavy atom. The molecule has 0 unspecified atom stereocenters. The fourth-order valence-electron chi connectivity index (χ4n) is 3.28. The second-order valence-electron chi connectivity index (χ2n) is 7.07. The number of carbonyl (C=O) groups is 1. The molecule has 1 aliphatic heterocycles. The number of benzene rings is 2. The van der Waals surface area contributed by atoms with Gasteiger partial charge in [-0.05, 0) is 59.1 Å². The van der Waals surface area contributed by atoms with Crippen LogP contribution in [0.25, 0.3) is 0 Å². The summed E-state index contributed by atoms with van der Waals surface area (Å²) in [5, 5.41) is 12.1. The number of aryl methyl sites for hydroxylation is 1. The third kappa shape index (κ3) is 5.98. The molecule has 1 heterocycles. The van der Waals surface area contributed by atoms with Crippen molar-refractivity contribution in [3.05, 3.63) is 57.0 Å². The lowest BCUT2D eigenvalue weighted by Gasteiger charge is -2.18. The molecular formula is C20H20Br2N4O4S. The van der Waals surface area contributed by atoms with E-state index in [0.29, 0.717) is 21.1 Å². The van der Waals surface area contributed by atoms with Crippen molar-refractivity contribution in [1.82, 2.24) is 9.62 Å². The number of carbonyl (C=O) groups excluding carboxylic acids is 1. The molecule has 31 heavy (non-hydrogen) atoms. The van der Waals surface area contributed by atoms with Crippen LogP contribution in [-0.4, -0.2) is 44.6 Å². The number of anilines is 1. The predicted octanol–water partition coefficient (Wildman–Crippen LogP) is 3.97. The van der Waals surface area contributed by atoms with Gasteiger partial charge in [0.25, 0.3) is 0 Å². The Balaban J connectivity index is 1.60. The van der Waals surface area contributed by atoms with Gasteiger partial charge in [0.05, 0.1) is 10.9 Å². The van der Waals surface area contributed by atoms with Gasteiger partial charge in [0.2, 0.25) is 10.0 Å². The number of nitrogens with zero attached hydrogens (tertiary/aromatic N) is 2. The zero-order chi connectivity index (χ0) is 22.6. The van der Waals surface area contributed by atoms with Crippen LogP contribution in [0.15, 0.2) is 56.3 Å². The van der Waals surface area contributed by atoms with E-state index in [2.05, 4.69) is 41.9 Å². The number of hydrogen-bond acceptors (Lipinski definition) is 6. The summed E-state index contributed by atoms with van der Waals surface area (Å²) >= 11 is 6.53. The fraction of sp³-hybridized carbons (Fsp3) is 0.300. The largest absolute Gasteiger partial charge is 0.447 e. The summed E-state index contributed by atoms with van der Waals surface area (Å²) in [7, 11) is -3.81. The van der Waals surface area contributed by atoms with E-state index in [1.54, 1.807) is 24.3 Å². The maximum absolute atomic E-state index is 12.8. The van der Waals surface area contributed by atoms with Crippen molar-refractivity contribution in [3.8, 4) is 6.19 Å². The molecule has 0 spiro atoms. The number of amides is 1. The Morgan fingerprint density at radius 2 is 2.03 bits per heavy atom. The molecule has 0 saturated carbocycles. The minimum Gasteiger partial charge on any atom is -0.447 e. The zero-order valence-corrected chi connectivity index (χ0v) is 20.5. The lowest BCUT2D eigenvalue weighted by molar-refractivity contribution is 0.134. The fourth-order valence-corrected chi connectivity index (χ4v) is 6.02. The molecule has 1 fully saturated rings. The van der Waals surface area contributed by atoms with Crippen LogP contribution >= 0.6 is 31.9 Å². The second-order valence-corrected chi connectivity index (χ2v) is 10.5. The number of nitriles is 1. The van der Waals surface area contributed by atoms with Crippen LogP contribution < -0.4 is 10.0 Å². The molecule has 0 bridgehead atoms.